The summed E-state index contributed by atoms with van der Waals surface area (Å²) in [6.07, 6.45) is 0. The van der Waals surface area contributed by atoms with Crippen molar-refractivity contribution in [3.05, 3.63) is 164 Å². The number of fused-ring (bicyclic) bond motifs is 5. The Morgan fingerprint density at radius 3 is 1.60 bits per heavy atom. The van der Waals surface area contributed by atoms with Crippen LogP contribution in [0.3, 0.4) is 0 Å². The number of rotatable bonds is 5. The summed E-state index contributed by atoms with van der Waals surface area (Å²) in [4.78, 5) is 15.4. The Morgan fingerprint density at radius 1 is 0.383 bits per heavy atom. The molecule has 0 saturated heterocycles. The third-order valence-corrected chi connectivity index (χ3v) is 9.90. The van der Waals surface area contributed by atoms with Crippen LogP contribution in [0.4, 0.5) is 0 Å². The lowest BCUT2D eigenvalue weighted by molar-refractivity contribution is 1.18. The van der Waals surface area contributed by atoms with Gasteiger partial charge < -0.3 is 0 Å². The van der Waals surface area contributed by atoms with Gasteiger partial charge in [0.2, 0.25) is 0 Å². The first-order chi connectivity index (χ1) is 23.3. The van der Waals surface area contributed by atoms with Gasteiger partial charge in [0, 0.05) is 47.8 Å². The van der Waals surface area contributed by atoms with E-state index in [2.05, 4.69) is 127 Å². The molecule has 0 aliphatic rings. The van der Waals surface area contributed by atoms with Gasteiger partial charge in [-0.2, -0.15) is 0 Å². The topological polar surface area (TPSA) is 38.7 Å². The van der Waals surface area contributed by atoms with Crippen molar-refractivity contribution in [2.24, 2.45) is 0 Å². The van der Waals surface area contributed by atoms with E-state index in [9.17, 15) is 0 Å². The van der Waals surface area contributed by atoms with E-state index in [0.717, 1.165) is 44.9 Å². The summed E-state index contributed by atoms with van der Waals surface area (Å²) < 4.78 is 2.53. The molecule has 3 nitrogen and oxygen atoms in total. The van der Waals surface area contributed by atoms with E-state index in [1.165, 1.54) is 36.7 Å². The van der Waals surface area contributed by atoms with E-state index in [1.807, 2.05) is 47.7 Å². The summed E-state index contributed by atoms with van der Waals surface area (Å²) in [5.74, 6) is 0.697. The van der Waals surface area contributed by atoms with Crippen molar-refractivity contribution in [1.29, 1.82) is 0 Å². The molecular formula is C43H27N3S. The second kappa shape index (κ2) is 11.4. The quantitative estimate of drug-likeness (QED) is 0.193. The fraction of sp³-hybridized carbons (Fsp3) is 0. The molecule has 3 aromatic heterocycles. The Morgan fingerprint density at radius 2 is 0.936 bits per heavy atom. The average molecular weight is 618 g/mol. The molecule has 0 N–H and O–H groups in total. The van der Waals surface area contributed by atoms with Crippen LogP contribution in [0, 0.1) is 0 Å². The summed E-state index contributed by atoms with van der Waals surface area (Å²) in [5.41, 5.74) is 10.3. The predicted molar refractivity (Wildman–Crippen MR) is 197 cm³/mol. The molecule has 0 saturated carbocycles. The van der Waals surface area contributed by atoms with Gasteiger partial charge in [0.15, 0.2) is 5.82 Å². The molecule has 3 heterocycles. The van der Waals surface area contributed by atoms with E-state index >= 15 is 0 Å². The molecule has 220 valence electrons. The predicted octanol–water partition coefficient (Wildman–Crippen LogP) is 11.7. The second-order valence-corrected chi connectivity index (χ2v) is 12.7. The third-order valence-electron chi connectivity index (χ3n) is 8.69. The highest BCUT2D eigenvalue weighted by Gasteiger charge is 2.18. The summed E-state index contributed by atoms with van der Waals surface area (Å²) in [6, 6.07) is 57.1. The summed E-state index contributed by atoms with van der Waals surface area (Å²) in [7, 11) is 0. The molecule has 0 unspecified atom stereocenters. The van der Waals surface area contributed by atoms with E-state index in [0.29, 0.717) is 5.82 Å². The molecule has 4 heteroatoms. The summed E-state index contributed by atoms with van der Waals surface area (Å²) >= 11 is 1.84. The van der Waals surface area contributed by atoms with Crippen LogP contribution in [0.1, 0.15) is 0 Å². The van der Waals surface area contributed by atoms with Gasteiger partial charge in [-0.25, -0.2) is 15.0 Å². The van der Waals surface area contributed by atoms with Crippen LogP contribution in [0.15, 0.2) is 164 Å². The molecule has 47 heavy (non-hydrogen) atoms. The van der Waals surface area contributed by atoms with Crippen LogP contribution in [0.2, 0.25) is 0 Å². The van der Waals surface area contributed by atoms with Crippen molar-refractivity contribution in [3.63, 3.8) is 0 Å². The number of aromatic nitrogens is 3. The monoisotopic (exact) mass is 617 g/mol. The van der Waals surface area contributed by atoms with E-state index in [4.69, 9.17) is 15.0 Å². The Labute approximate surface area is 276 Å². The van der Waals surface area contributed by atoms with Gasteiger partial charge in [0.1, 0.15) is 0 Å². The first-order valence-corrected chi connectivity index (χ1v) is 16.5. The third kappa shape index (κ3) is 4.96. The number of thiophene rings is 1. The standard InChI is InChI=1S/C43H27N3S/c1-4-12-28(13-5-1)33-24-25-36-35(26-33)42-40(34-18-10-11-19-39(34)47-42)41(44-36)31-20-22-32(23-21-31)43-45-37(29-14-6-2-7-15-29)27-38(46-43)30-16-8-3-9-17-30/h1-27H. The molecule has 9 rings (SSSR count). The average Bonchev–Trinajstić information content (AvgIpc) is 3.55. The highest BCUT2D eigenvalue weighted by molar-refractivity contribution is 7.26. The van der Waals surface area contributed by atoms with Gasteiger partial charge in [-0.3, -0.25) is 0 Å². The number of hydrogen-bond donors (Lipinski definition) is 0. The second-order valence-electron chi connectivity index (χ2n) is 11.6. The number of benzene rings is 6. The molecule has 9 aromatic rings. The molecule has 0 spiro atoms. The van der Waals surface area contributed by atoms with Crippen LogP contribution >= 0.6 is 11.3 Å². The Kier molecular flexibility index (Phi) is 6.65. The molecule has 0 bridgehead atoms. The number of pyridine rings is 1. The zero-order valence-electron chi connectivity index (χ0n) is 25.3. The van der Waals surface area contributed by atoms with E-state index in [-0.39, 0.29) is 0 Å². The summed E-state index contributed by atoms with van der Waals surface area (Å²) in [5, 5.41) is 3.62. The van der Waals surface area contributed by atoms with Crippen molar-refractivity contribution < 1.29 is 0 Å². The Bertz CT molecular complexity index is 2480. The van der Waals surface area contributed by atoms with Gasteiger partial charge in [-0.15, -0.1) is 11.3 Å². The SMILES string of the molecule is c1ccc(-c2ccc3nc(-c4ccc(-c5nc(-c6ccccc6)cc(-c6ccccc6)n5)cc4)c4c5ccccc5sc4c3c2)cc1. The fourth-order valence-electron chi connectivity index (χ4n) is 6.35. The smallest absolute Gasteiger partial charge is 0.160 e. The van der Waals surface area contributed by atoms with Crippen LogP contribution in [-0.2, 0) is 0 Å². The number of hydrogen-bond acceptors (Lipinski definition) is 4. The lowest BCUT2D eigenvalue weighted by Crippen LogP contribution is -1.96. The van der Waals surface area contributed by atoms with Crippen molar-refractivity contribution in [2.75, 3.05) is 0 Å². The molecule has 0 aliphatic heterocycles. The van der Waals surface area contributed by atoms with Gasteiger partial charge in [-0.1, -0.05) is 140 Å². The van der Waals surface area contributed by atoms with Gasteiger partial charge in [-0.05, 0) is 35.4 Å². The highest BCUT2D eigenvalue weighted by Crippen LogP contribution is 2.43. The molecule has 0 radical (unpaired) electrons. The number of nitrogens with zero attached hydrogens (tertiary/aromatic N) is 3. The largest absolute Gasteiger partial charge is 0.247 e. The summed E-state index contributed by atoms with van der Waals surface area (Å²) in [6.45, 7) is 0. The van der Waals surface area contributed by atoms with Gasteiger partial charge in [0.25, 0.3) is 0 Å². The molecule has 0 fully saturated rings. The van der Waals surface area contributed by atoms with Crippen molar-refractivity contribution in [2.45, 2.75) is 0 Å². The van der Waals surface area contributed by atoms with Crippen LogP contribution < -0.4 is 0 Å². The van der Waals surface area contributed by atoms with Crippen molar-refractivity contribution in [3.8, 4) is 56.3 Å². The van der Waals surface area contributed by atoms with Crippen molar-refractivity contribution >= 4 is 42.4 Å². The van der Waals surface area contributed by atoms with Crippen molar-refractivity contribution in [1.82, 2.24) is 15.0 Å². The molecular weight excluding hydrogens is 591 g/mol. The van der Waals surface area contributed by atoms with Gasteiger partial charge in [0.05, 0.1) is 22.6 Å². The van der Waals surface area contributed by atoms with E-state index < -0.39 is 0 Å². The van der Waals surface area contributed by atoms with Crippen LogP contribution in [0.25, 0.3) is 87.4 Å². The molecule has 0 aliphatic carbocycles. The molecule has 0 atom stereocenters. The minimum Gasteiger partial charge on any atom is -0.247 e. The van der Waals surface area contributed by atoms with Crippen LogP contribution in [0.5, 0.6) is 0 Å². The fourth-order valence-corrected chi connectivity index (χ4v) is 7.58. The molecule has 6 aromatic carbocycles. The highest BCUT2D eigenvalue weighted by atomic mass is 32.1. The normalized spacial score (nSPS) is 11.4. The minimum absolute atomic E-state index is 0.697. The Hall–Kier alpha value is -5.97. The Balaban J connectivity index is 1.19. The zero-order chi connectivity index (χ0) is 31.2. The maximum atomic E-state index is 5.32. The first kappa shape index (κ1) is 27.3. The van der Waals surface area contributed by atoms with Gasteiger partial charge >= 0.3 is 0 Å². The minimum atomic E-state index is 0.697. The van der Waals surface area contributed by atoms with E-state index in [1.54, 1.807) is 0 Å². The lowest BCUT2D eigenvalue weighted by Gasteiger charge is -2.11. The maximum Gasteiger partial charge on any atom is 0.160 e. The lowest BCUT2D eigenvalue weighted by atomic mass is 9.99. The van der Waals surface area contributed by atoms with Crippen LogP contribution in [-0.4, -0.2) is 15.0 Å². The zero-order valence-corrected chi connectivity index (χ0v) is 26.2. The maximum absolute atomic E-state index is 5.32. The first-order valence-electron chi connectivity index (χ1n) is 15.7. The molecule has 0 amide bonds.